The van der Waals surface area contributed by atoms with Gasteiger partial charge in [0.25, 0.3) is 5.13 Å². The Morgan fingerprint density at radius 3 is 2.74 bits per heavy atom. The van der Waals surface area contributed by atoms with Crippen molar-refractivity contribution < 1.29 is 35.9 Å². The van der Waals surface area contributed by atoms with Gasteiger partial charge in [0.05, 0.1) is 12.3 Å². The van der Waals surface area contributed by atoms with Crippen LogP contribution in [0.15, 0.2) is 22.4 Å². The molecule has 1 aliphatic rings. The summed E-state index contributed by atoms with van der Waals surface area (Å²) >= 11 is 0.781. The van der Waals surface area contributed by atoms with Gasteiger partial charge in [-0.3, -0.25) is 4.72 Å². The number of esters is 1. The maximum Gasteiger partial charge on any atom is 0.404 e. The van der Waals surface area contributed by atoms with Gasteiger partial charge in [0.1, 0.15) is 12.3 Å². The number of azo groups is 1. The number of fused-ring (bicyclic) bond motifs is 1. The molecule has 1 aliphatic heterocycles. The SMILES string of the molecule is COCCOC(=O)c1nnc(N=Nc2cc3c(cc2NS(=O)(=O)CC(F)(F)F)N(C)CCC3)s1. The highest BCUT2D eigenvalue weighted by atomic mass is 32.2. The van der Waals surface area contributed by atoms with Gasteiger partial charge in [-0.05, 0) is 30.5 Å². The van der Waals surface area contributed by atoms with E-state index >= 15 is 0 Å². The van der Waals surface area contributed by atoms with Gasteiger partial charge in [-0.25, -0.2) is 13.2 Å². The summed E-state index contributed by atoms with van der Waals surface area (Å²) in [7, 11) is -1.51. The summed E-state index contributed by atoms with van der Waals surface area (Å²) in [5.41, 5.74) is 1.34. The predicted molar refractivity (Wildman–Crippen MR) is 118 cm³/mol. The van der Waals surface area contributed by atoms with Crippen molar-refractivity contribution in [2.45, 2.75) is 19.0 Å². The fourth-order valence-corrected chi connectivity index (χ4v) is 4.66. The molecular formula is C18H21F3N6O5S2. The van der Waals surface area contributed by atoms with E-state index in [1.165, 1.54) is 13.2 Å². The first-order valence-corrected chi connectivity index (χ1v) is 12.3. The third-order valence-electron chi connectivity index (χ3n) is 4.52. The number of carbonyl (C=O) groups is 1. The lowest BCUT2D eigenvalue weighted by atomic mass is 10.0. The number of ether oxygens (including phenoxy) is 2. The molecule has 186 valence electrons. The first-order valence-electron chi connectivity index (χ1n) is 9.84. The van der Waals surface area contributed by atoms with E-state index in [0.717, 1.165) is 23.3 Å². The lowest BCUT2D eigenvalue weighted by Crippen LogP contribution is -2.28. The summed E-state index contributed by atoms with van der Waals surface area (Å²) in [6.07, 6.45) is -3.41. The van der Waals surface area contributed by atoms with Crippen molar-refractivity contribution in [1.29, 1.82) is 0 Å². The maximum absolute atomic E-state index is 12.7. The number of alkyl halides is 3. The van der Waals surface area contributed by atoms with E-state index in [-0.39, 0.29) is 34.7 Å². The van der Waals surface area contributed by atoms with Crippen LogP contribution in [-0.2, 0) is 25.9 Å². The normalized spacial score (nSPS) is 14.3. The number of hydrogen-bond acceptors (Lipinski definition) is 11. The molecule has 0 amide bonds. The van der Waals surface area contributed by atoms with Crippen molar-refractivity contribution >= 4 is 49.5 Å². The average Bonchev–Trinajstić information content (AvgIpc) is 3.20. The summed E-state index contributed by atoms with van der Waals surface area (Å²) in [5, 5.41) is 15.1. The van der Waals surface area contributed by atoms with Gasteiger partial charge in [-0.15, -0.1) is 20.4 Å². The number of methoxy groups -OCH3 is 1. The highest BCUT2D eigenvalue weighted by molar-refractivity contribution is 7.92. The molecule has 0 radical (unpaired) electrons. The van der Waals surface area contributed by atoms with E-state index < -0.39 is 27.9 Å². The fourth-order valence-electron chi connectivity index (χ4n) is 3.10. The highest BCUT2D eigenvalue weighted by Crippen LogP contribution is 2.38. The van der Waals surface area contributed by atoms with Crippen LogP contribution < -0.4 is 9.62 Å². The lowest BCUT2D eigenvalue weighted by molar-refractivity contribution is -0.106. The Balaban J connectivity index is 1.88. The van der Waals surface area contributed by atoms with Crippen LogP contribution >= 0.6 is 11.3 Å². The zero-order valence-electron chi connectivity index (χ0n) is 18.1. The topological polar surface area (TPSA) is 135 Å². The number of sulfonamides is 1. The van der Waals surface area contributed by atoms with Crippen LogP contribution in [0.3, 0.4) is 0 Å². The number of rotatable bonds is 9. The smallest absolute Gasteiger partial charge is 0.404 e. The third kappa shape index (κ3) is 7.07. The van der Waals surface area contributed by atoms with Crippen molar-refractivity contribution in [2.24, 2.45) is 10.2 Å². The molecule has 3 rings (SSSR count). The van der Waals surface area contributed by atoms with Gasteiger partial charge in [-0.1, -0.05) is 11.3 Å². The molecule has 0 fully saturated rings. The lowest BCUT2D eigenvalue weighted by Gasteiger charge is -2.28. The van der Waals surface area contributed by atoms with Gasteiger partial charge < -0.3 is 14.4 Å². The minimum atomic E-state index is -4.92. The maximum atomic E-state index is 12.7. The van der Waals surface area contributed by atoms with Crippen LogP contribution in [0.25, 0.3) is 0 Å². The van der Waals surface area contributed by atoms with Crippen LogP contribution in [0.1, 0.15) is 21.8 Å². The molecule has 1 N–H and O–H groups in total. The molecule has 0 saturated carbocycles. The number of anilines is 2. The van der Waals surface area contributed by atoms with Crippen LogP contribution in [0.4, 0.5) is 35.4 Å². The Morgan fingerprint density at radius 2 is 2.03 bits per heavy atom. The molecule has 2 aromatic rings. The molecule has 0 spiro atoms. The van der Waals surface area contributed by atoms with Crippen LogP contribution in [0.2, 0.25) is 0 Å². The molecule has 0 saturated heterocycles. The minimum absolute atomic E-state index is 0.000722. The Bertz CT molecular complexity index is 1170. The zero-order chi connectivity index (χ0) is 24.9. The number of nitrogens with zero attached hydrogens (tertiary/aromatic N) is 5. The minimum Gasteiger partial charge on any atom is -0.458 e. The van der Waals surface area contributed by atoms with Crippen molar-refractivity contribution in [3.8, 4) is 0 Å². The molecular weight excluding hydrogens is 501 g/mol. The Hall–Kier alpha value is -2.85. The fraction of sp³-hybridized carbons (Fsp3) is 0.500. The number of nitrogens with one attached hydrogen (secondary N) is 1. The van der Waals surface area contributed by atoms with E-state index in [1.54, 1.807) is 13.1 Å². The molecule has 0 atom stereocenters. The highest BCUT2D eigenvalue weighted by Gasteiger charge is 2.35. The molecule has 0 aliphatic carbocycles. The zero-order valence-corrected chi connectivity index (χ0v) is 19.8. The first kappa shape index (κ1) is 25.8. The van der Waals surface area contributed by atoms with Crippen molar-refractivity contribution in [3.05, 3.63) is 22.7 Å². The number of halogens is 3. The van der Waals surface area contributed by atoms with E-state index in [4.69, 9.17) is 9.47 Å². The summed E-state index contributed by atoms with van der Waals surface area (Å²) in [4.78, 5) is 13.8. The number of carbonyl (C=O) groups excluding carboxylic acids is 1. The van der Waals surface area contributed by atoms with Gasteiger partial charge in [-0.2, -0.15) is 13.2 Å². The Kier molecular flexibility index (Phi) is 8.04. The molecule has 0 bridgehead atoms. The van der Waals surface area contributed by atoms with Crippen molar-refractivity contribution in [3.63, 3.8) is 0 Å². The number of benzene rings is 1. The largest absolute Gasteiger partial charge is 0.458 e. The van der Waals surface area contributed by atoms with Crippen molar-refractivity contribution in [2.75, 3.05) is 49.3 Å². The molecule has 2 heterocycles. The molecule has 1 aromatic carbocycles. The van der Waals surface area contributed by atoms with E-state index in [2.05, 4.69) is 20.4 Å². The summed E-state index contributed by atoms with van der Waals surface area (Å²) < 4.78 is 73.9. The quantitative estimate of drug-likeness (QED) is 0.301. The van der Waals surface area contributed by atoms with Crippen molar-refractivity contribution in [1.82, 2.24) is 10.2 Å². The van der Waals surface area contributed by atoms with Crippen LogP contribution in [0, 0.1) is 0 Å². The first-order chi connectivity index (χ1) is 16.0. The molecule has 34 heavy (non-hydrogen) atoms. The molecule has 0 unspecified atom stereocenters. The average molecular weight is 523 g/mol. The van der Waals surface area contributed by atoms with Crippen LogP contribution in [0.5, 0.6) is 0 Å². The van der Waals surface area contributed by atoms with Gasteiger partial charge in [0.15, 0.2) is 5.75 Å². The Labute approximate surface area is 197 Å². The van der Waals surface area contributed by atoms with Crippen LogP contribution in [-0.4, -0.2) is 70.4 Å². The summed E-state index contributed by atoms with van der Waals surface area (Å²) in [6, 6.07) is 2.98. The van der Waals surface area contributed by atoms with Gasteiger partial charge in [0, 0.05) is 26.4 Å². The molecule has 11 nitrogen and oxygen atoms in total. The standard InChI is InChI=1S/C18H21F3N6O5S2/c1-27-5-3-4-11-8-12(13(9-14(11)27)26-34(29,30)10-18(19,20)21)22-24-17-25-23-15(33-17)16(28)32-7-6-31-2/h8-9,26H,3-7,10H2,1-2H3. The van der Waals surface area contributed by atoms with Gasteiger partial charge in [0.2, 0.25) is 15.0 Å². The van der Waals surface area contributed by atoms with E-state index in [1.807, 2.05) is 9.62 Å². The summed E-state index contributed by atoms with van der Waals surface area (Å²) in [5.74, 6) is -2.78. The number of hydrogen-bond donors (Lipinski definition) is 1. The number of aromatic nitrogens is 2. The van der Waals surface area contributed by atoms with E-state index in [9.17, 15) is 26.4 Å². The molecule has 1 aromatic heterocycles. The predicted octanol–water partition coefficient (Wildman–Crippen LogP) is 3.44. The monoisotopic (exact) mass is 522 g/mol. The number of aryl methyl sites for hydroxylation is 1. The second-order valence-corrected chi connectivity index (χ2v) is 9.90. The second-order valence-electron chi connectivity index (χ2n) is 7.22. The van der Waals surface area contributed by atoms with E-state index in [0.29, 0.717) is 18.7 Å². The summed E-state index contributed by atoms with van der Waals surface area (Å²) in [6.45, 7) is 0.936. The Morgan fingerprint density at radius 1 is 1.26 bits per heavy atom. The third-order valence-corrected chi connectivity index (χ3v) is 6.55. The second kappa shape index (κ2) is 10.6. The molecule has 16 heteroatoms. The van der Waals surface area contributed by atoms with Gasteiger partial charge >= 0.3 is 12.1 Å².